The van der Waals surface area contributed by atoms with Crippen molar-refractivity contribution in [3.8, 4) is 11.4 Å². The van der Waals surface area contributed by atoms with Crippen molar-refractivity contribution in [1.29, 1.82) is 0 Å². The lowest BCUT2D eigenvalue weighted by Crippen LogP contribution is -2.27. The van der Waals surface area contributed by atoms with Crippen molar-refractivity contribution >= 4 is 17.6 Å². The lowest BCUT2D eigenvalue weighted by molar-refractivity contribution is -0.118. The zero-order valence-corrected chi connectivity index (χ0v) is 18.8. The molecule has 2 aromatic carbocycles. The second-order valence-electron chi connectivity index (χ2n) is 7.41. The molecule has 0 fully saturated rings. The third-order valence-corrected chi connectivity index (χ3v) is 4.74. The van der Waals surface area contributed by atoms with Gasteiger partial charge in [-0.1, -0.05) is 17.7 Å². The molecule has 172 valence electrons. The zero-order chi connectivity index (χ0) is 24.1. The third-order valence-electron chi connectivity index (χ3n) is 4.74. The molecule has 8 nitrogen and oxygen atoms in total. The monoisotopic (exact) mass is 453 g/mol. The molecule has 0 atom stereocenters. The highest BCUT2D eigenvalue weighted by atomic mass is 19.1. The number of halogens is 1. The van der Waals surface area contributed by atoms with Gasteiger partial charge in [-0.25, -0.2) is 9.18 Å². The maximum atomic E-state index is 13.2. The summed E-state index contributed by atoms with van der Waals surface area (Å²) in [4.78, 5) is 37.5. The van der Waals surface area contributed by atoms with Crippen molar-refractivity contribution in [2.75, 3.05) is 18.5 Å². The molecule has 0 radical (unpaired) electrons. The van der Waals surface area contributed by atoms with Crippen molar-refractivity contribution in [3.05, 3.63) is 81.0 Å². The molecular weight excluding hydrogens is 429 g/mol. The molecule has 3 rings (SSSR count). The third kappa shape index (κ3) is 5.62. The van der Waals surface area contributed by atoms with Crippen molar-refractivity contribution in [1.82, 2.24) is 9.78 Å². The van der Waals surface area contributed by atoms with Crippen LogP contribution in [0.2, 0.25) is 0 Å². The van der Waals surface area contributed by atoms with E-state index >= 15 is 0 Å². The summed E-state index contributed by atoms with van der Waals surface area (Å²) < 4.78 is 24.7. The Balaban J connectivity index is 1.86. The van der Waals surface area contributed by atoms with Gasteiger partial charge in [0.1, 0.15) is 5.82 Å². The van der Waals surface area contributed by atoms with Crippen LogP contribution in [0.3, 0.4) is 0 Å². The van der Waals surface area contributed by atoms with Gasteiger partial charge in [-0.15, -0.1) is 0 Å². The highest BCUT2D eigenvalue weighted by Crippen LogP contribution is 2.22. The van der Waals surface area contributed by atoms with Crippen LogP contribution in [0.15, 0.2) is 47.3 Å². The molecular formula is C24H24FN3O5. The number of nitrogens with zero attached hydrogens (tertiary/aromatic N) is 2. The molecule has 0 aliphatic heterocycles. The summed E-state index contributed by atoms with van der Waals surface area (Å²) in [6.45, 7) is 6.96. The number of carbonyl (C=O) groups excluding carboxylic acids is 2. The van der Waals surface area contributed by atoms with Crippen LogP contribution in [0, 0.1) is 26.6 Å². The fraction of sp³-hybridized carbons (Fsp3) is 0.250. The lowest BCUT2D eigenvalue weighted by Gasteiger charge is -2.14. The van der Waals surface area contributed by atoms with Gasteiger partial charge in [0.25, 0.3) is 11.5 Å². The molecule has 0 unspecified atom stereocenters. The topological polar surface area (TPSA) is 99.5 Å². The first-order chi connectivity index (χ1) is 15.7. The van der Waals surface area contributed by atoms with E-state index < -0.39 is 29.9 Å². The van der Waals surface area contributed by atoms with Gasteiger partial charge in [-0.2, -0.15) is 9.78 Å². The van der Waals surface area contributed by atoms with Gasteiger partial charge in [0.15, 0.2) is 12.4 Å². The molecule has 0 saturated carbocycles. The van der Waals surface area contributed by atoms with E-state index in [0.717, 1.165) is 39.6 Å². The summed E-state index contributed by atoms with van der Waals surface area (Å²) in [5.41, 5.74) is 2.89. The number of amides is 1. The zero-order valence-electron chi connectivity index (χ0n) is 18.8. The average Bonchev–Trinajstić information content (AvgIpc) is 2.75. The number of nitrogens with one attached hydrogen (secondary N) is 1. The highest BCUT2D eigenvalue weighted by molar-refractivity contribution is 5.94. The van der Waals surface area contributed by atoms with Crippen molar-refractivity contribution in [3.63, 3.8) is 0 Å². The average molecular weight is 453 g/mol. The number of ether oxygens (including phenoxy) is 2. The van der Waals surface area contributed by atoms with Gasteiger partial charge >= 0.3 is 5.97 Å². The Labute approximate surface area is 190 Å². The van der Waals surface area contributed by atoms with Crippen molar-refractivity contribution < 1.29 is 23.5 Å². The molecule has 1 N–H and O–H groups in total. The second kappa shape index (κ2) is 10.1. The molecule has 0 spiro atoms. The van der Waals surface area contributed by atoms with Crippen LogP contribution in [-0.4, -0.2) is 34.9 Å². The molecule has 0 aliphatic carbocycles. The molecule has 0 aliphatic rings. The number of aryl methyl sites for hydroxylation is 3. The summed E-state index contributed by atoms with van der Waals surface area (Å²) in [5.74, 6) is -1.97. The highest BCUT2D eigenvalue weighted by Gasteiger charge is 2.21. The quantitative estimate of drug-likeness (QED) is 0.550. The second-order valence-corrected chi connectivity index (χ2v) is 7.41. The van der Waals surface area contributed by atoms with E-state index in [2.05, 4.69) is 10.4 Å². The fourth-order valence-electron chi connectivity index (χ4n) is 3.35. The molecule has 1 heterocycles. The minimum absolute atomic E-state index is 0.0715. The van der Waals surface area contributed by atoms with Crippen LogP contribution in [0.5, 0.6) is 5.75 Å². The maximum Gasteiger partial charge on any atom is 0.362 e. The van der Waals surface area contributed by atoms with E-state index in [9.17, 15) is 18.8 Å². The molecule has 9 heteroatoms. The Bertz CT molecular complexity index is 1230. The number of aromatic nitrogens is 2. The van der Waals surface area contributed by atoms with Crippen molar-refractivity contribution in [2.45, 2.75) is 27.7 Å². The molecule has 33 heavy (non-hydrogen) atoms. The van der Waals surface area contributed by atoms with Gasteiger partial charge < -0.3 is 14.8 Å². The number of hydrogen-bond donors (Lipinski definition) is 1. The summed E-state index contributed by atoms with van der Waals surface area (Å²) in [6, 6.07) is 9.95. The number of esters is 1. The molecule has 1 aromatic heterocycles. The largest absolute Gasteiger partial charge is 0.481 e. The Morgan fingerprint density at radius 1 is 1.06 bits per heavy atom. The summed E-state index contributed by atoms with van der Waals surface area (Å²) in [5, 5.41) is 6.83. The van der Waals surface area contributed by atoms with Crippen LogP contribution >= 0.6 is 0 Å². The predicted octanol–water partition coefficient (Wildman–Crippen LogP) is 3.49. The van der Waals surface area contributed by atoms with Crippen molar-refractivity contribution in [2.24, 2.45) is 0 Å². The molecule has 0 saturated heterocycles. The van der Waals surface area contributed by atoms with Crippen LogP contribution < -0.4 is 15.6 Å². The molecule has 1 amide bonds. The van der Waals surface area contributed by atoms with Gasteiger partial charge in [-0.3, -0.25) is 9.59 Å². The molecule has 0 bridgehead atoms. The Kier molecular flexibility index (Phi) is 7.22. The van der Waals surface area contributed by atoms with Gasteiger partial charge in [-0.05, 0) is 63.1 Å². The van der Waals surface area contributed by atoms with E-state index in [1.165, 1.54) is 12.1 Å². The van der Waals surface area contributed by atoms with Crippen LogP contribution in [-0.2, 0) is 9.53 Å². The Morgan fingerprint density at radius 3 is 2.30 bits per heavy atom. The van der Waals surface area contributed by atoms with E-state index in [-0.39, 0.29) is 23.7 Å². The minimum Gasteiger partial charge on any atom is -0.481 e. The van der Waals surface area contributed by atoms with Crippen LogP contribution in [0.1, 0.15) is 34.1 Å². The first-order valence-corrected chi connectivity index (χ1v) is 10.3. The smallest absolute Gasteiger partial charge is 0.362 e. The first kappa shape index (κ1) is 23.6. The summed E-state index contributed by atoms with van der Waals surface area (Å²) in [7, 11) is 0. The van der Waals surface area contributed by atoms with E-state index in [1.54, 1.807) is 6.92 Å². The summed E-state index contributed by atoms with van der Waals surface area (Å²) >= 11 is 0. The number of rotatable bonds is 7. The van der Waals surface area contributed by atoms with Gasteiger partial charge in [0.05, 0.1) is 18.4 Å². The normalized spacial score (nSPS) is 10.6. The predicted molar refractivity (Wildman–Crippen MR) is 121 cm³/mol. The van der Waals surface area contributed by atoms with E-state index in [1.807, 2.05) is 32.9 Å². The number of hydrogen-bond acceptors (Lipinski definition) is 6. The fourth-order valence-corrected chi connectivity index (χ4v) is 3.35. The van der Waals surface area contributed by atoms with E-state index in [0.29, 0.717) is 5.69 Å². The number of anilines is 1. The molecule has 3 aromatic rings. The Morgan fingerprint density at radius 2 is 1.70 bits per heavy atom. The van der Waals surface area contributed by atoms with Crippen LogP contribution in [0.25, 0.3) is 5.69 Å². The maximum absolute atomic E-state index is 13.2. The number of benzene rings is 2. The van der Waals surface area contributed by atoms with Crippen LogP contribution in [0.4, 0.5) is 10.1 Å². The standard InChI is InChI=1S/C24H24FN3O5/c1-5-32-24(31)23-19(12-21(30)28(27-23)18-8-6-17(25)7-9-18)33-13-20(29)26-22-15(3)10-14(2)11-16(22)4/h6-12H,5,13H2,1-4H3,(H,26,29). The van der Waals surface area contributed by atoms with Gasteiger partial charge in [0.2, 0.25) is 5.69 Å². The lowest BCUT2D eigenvalue weighted by atomic mass is 10.1. The Hall–Kier alpha value is -4.01. The minimum atomic E-state index is -0.825. The van der Waals surface area contributed by atoms with E-state index in [4.69, 9.17) is 9.47 Å². The number of carbonyl (C=O) groups is 2. The first-order valence-electron chi connectivity index (χ1n) is 10.3. The summed E-state index contributed by atoms with van der Waals surface area (Å²) in [6.07, 6.45) is 0. The SMILES string of the molecule is CCOC(=O)c1nn(-c2ccc(F)cc2)c(=O)cc1OCC(=O)Nc1c(C)cc(C)cc1C. The van der Waals surface area contributed by atoms with Gasteiger partial charge in [0, 0.05) is 5.69 Å².